The van der Waals surface area contributed by atoms with Crippen LogP contribution in [0.4, 0.5) is 0 Å². The Morgan fingerprint density at radius 2 is 2.12 bits per heavy atom. The third-order valence-corrected chi connectivity index (χ3v) is 7.05. The molecule has 3 nitrogen and oxygen atoms in total. The molecule has 2 aliphatic heterocycles. The second-order valence-corrected chi connectivity index (χ2v) is 9.72. The SMILES string of the molecule is C[C@H]1CC[C@H](c2ccc3sc(C4CN(C)CC4(C)C)nc3c2)NC1. The predicted octanol–water partition coefficient (Wildman–Crippen LogP) is 4.41. The maximum Gasteiger partial charge on any atom is 0.0988 e. The Bertz CT molecular complexity index is 728. The zero-order valence-corrected chi connectivity index (χ0v) is 16.1. The second kappa shape index (κ2) is 6.08. The molecule has 2 saturated heterocycles. The molecule has 24 heavy (non-hydrogen) atoms. The average molecular weight is 344 g/mol. The van der Waals surface area contributed by atoms with Crippen molar-refractivity contribution in [2.75, 3.05) is 26.7 Å². The minimum Gasteiger partial charge on any atom is -0.310 e. The largest absolute Gasteiger partial charge is 0.310 e. The molecule has 1 unspecified atom stereocenters. The number of aromatic nitrogens is 1. The molecule has 130 valence electrons. The van der Waals surface area contributed by atoms with Crippen molar-refractivity contribution in [3.8, 4) is 0 Å². The molecule has 0 spiro atoms. The summed E-state index contributed by atoms with van der Waals surface area (Å²) in [6, 6.07) is 7.43. The van der Waals surface area contributed by atoms with Crippen LogP contribution < -0.4 is 5.32 Å². The Hall–Kier alpha value is -0.970. The van der Waals surface area contributed by atoms with Crippen LogP contribution in [-0.4, -0.2) is 36.6 Å². The zero-order chi connectivity index (χ0) is 16.9. The van der Waals surface area contributed by atoms with Crippen LogP contribution >= 0.6 is 11.3 Å². The number of benzene rings is 1. The fourth-order valence-electron chi connectivity index (χ4n) is 4.45. The number of fused-ring (bicyclic) bond motifs is 1. The van der Waals surface area contributed by atoms with E-state index in [0.29, 0.717) is 17.4 Å². The van der Waals surface area contributed by atoms with E-state index in [4.69, 9.17) is 4.98 Å². The van der Waals surface area contributed by atoms with E-state index in [0.717, 1.165) is 25.6 Å². The molecule has 4 rings (SSSR count). The molecule has 4 heteroatoms. The maximum atomic E-state index is 5.06. The van der Waals surface area contributed by atoms with E-state index in [1.165, 1.54) is 33.6 Å². The summed E-state index contributed by atoms with van der Waals surface area (Å²) in [5, 5.41) is 5.02. The molecule has 2 aromatic rings. The average Bonchev–Trinajstić information content (AvgIpc) is 3.06. The van der Waals surface area contributed by atoms with Crippen molar-refractivity contribution in [2.24, 2.45) is 11.3 Å². The number of piperidine rings is 1. The third-order valence-electron chi connectivity index (χ3n) is 5.90. The molecule has 1 aromatic carbocycles. The van der Waals surface area contributed by atoms with Crippen molar-refractivity contribution in [2.45, 2.75) is 45.6 Å². The molecule has 1 N–H and O–H groups in total. The van der Waals surface area contributed by atoms with Gasteiger partial charge in [0.1, 0.15) is 0 Å². The monoisotopic (exact) mass is 343 g/mol. The van der Waals surface area contributed by atoms with Crippen LogP contribution in [0, 0.1) is 11.3 Å². The topological polar surface area (TPSA) is 28.2 Å². The lowest BCUT2D eigenvalue weighted by Gasteiger charge is -2.28. The second-order valence-electron chi connectivity index (χ2n) is 8.66. The molecule has 2 aliphatic rings. The van der Waals surface area contributed by atoms with Gasteiger partial charge in [-0.15, -0.1) is 11.3 Å². The van der Waals surface area contributed by atoms with Gasteiger partial charge < -0.3 is 10.2 Å². The fourth-order valence-corrected chi connectivity index (χ4v) is 5.70. The number of likely N-dealkylation sites (N-methyl/N-ethyl adjacent to an activating group) is 1. The normalized spacial score (nSPS) is 30.9. The van der Waals surface area contributed by atoms with E-state index in [2.05, 4.69) is 56.2 Å². The van der Waals surface area contributed by atoms with Crippen molar-refractivity contribution in [3.63, 3.8) is 0 Å². The molecule has 0 radical (unpaired) electrons. The number of rotatable bonds is 2. The summed E-state index contributed by atoms with van der Waals surface area (Å²) in [7, 11) is 2.23. The Kier molecular flexibility index (Phi) is 4.18. The number of hydrogen-bond donors (Lipinski definition) is 1. The first kappa shape index (κ1) is 16.5. The van der Waals surface area contributed by atoms with Crippen LogP contribution in [0.3, 0.4) is 0 Å². The Morgan fingerprint density at radius 1 is 1.29 bits per heavy atom. The molecule has 0 saturated carbocycles. The number of nitrogens with one attached hydrogen (secondary N) is 1. The molecule has 2 fully saturated rings. The van der Waals surface area contributed by atoms with Crippen molar-refractivity contribution in [1.29, 1.82) is 0 Å². The quantitative estimate of drug-likeness (QED) is 0.875. The highest BCUT2D eigenvalue weighted by atomic mass is 32.1. The lowest BCUT2D eigenvalue weighted by Crippen LogP contribution is -2.31. The van der Waals surface area contributed by atoms with Gasteiger partial charge in [0.05, 0.1) is 15.2 Å². The lowest BCUT2D eigenvalue weighted by atomic mass is 9.82. The smallest absolute Gasteiger partial charge is 0.0988 e. The van der Waals surface area contributed by atoms with Gasteiger partial charge in [-0.3, -0.25) is 0 Å². The number of hydrogen-bond acceptors (Lipinski definition) is 4. The molecular weight excluding hydrogens is 314 g/mol. The Balaban J connectivity index is 1.62. The van der Waals surface area contributed by atoms with Gasteiger partial charge in [0.2, 0.25) is 0 Å². The van der Waals surface area contributed by atoms with Gasteiger partial charge >= 0.3 is 0 Å². The van der Waals surface area contributed by atoms with Crippen LogP contribution in [-0.2, 0) is 0 Å². The first-order valence-electron chi connectivity index (χ1n) is 9.25. The van der Waals surface area contributed by atoms with Gasteiger partial charge in [-0.25, -0.2) is 4.98 Å². The highest BCUT2D eigenvalue weighted by molar-refractivity contribution is 7.18. The van der Waals surface area contributed by atoms with Crippen LogP contribution in [0.2, 0.25) is 0 Å². The highest BCUT2D eigenvalue weighted by Crippen LogP contribution is 2.44. The van der Waals surface area contributed by atoms with E-state index in [-0.39, 0.29) is 0 Å². The summed E-state index contributed by atoms with van der Waals surface area (Å²) in [6.07, 6.45) is 2.56. The van der Waals surface area contributed by atoms with Gasteiger partial charge in [-0.05, 0) is 55.5 Å². The number of thiazole rings is 1. The van der Waals surface area contributed by atoms with Crippen molar-refractivity contribution < 1.29 is 0 Å². The van der Waals surface area contributed by atoms with Crippen molar-refractivity contribution >= 4 is 21.6 Å². The van der Waals surface area contributed by atoms with Gasteiger partial charge in [-0.1, -0.05) is 26.8 Å². The first-order chi connectivity index (χ1) is 11.4. The van der Waals surface area contributed by atoms with E-state index in [9.17, 15) is 0 Å². The van der Waals surface area contributed by atoms with Crippen molar-refractivity contribution in [3.05, 3.63) is 28.8 Å². The van der Waals surface area contributed by atoms with Crippen LogP contribution in [0.1, 0.15) is 56.1 Å². The summed E-state index contributed by atoms with van der Waals surface area (Å²) in [6.45, 7) is 10.5. The van der Waals surface area contributed by atoms with Crippen LogP contribution in [0.15, 0.2) is 18.2 Å². The Morgan fingerprint density at radius 3 is 2.79 bits per heavy atom. The fraction of sp³-hybridized carbons (Fsp3) is 0.650. The Labute approximate surface area is 149 Å². The first-order valence-corrected chi connectivity index (χ1v) is 10.1. The summed E-state index contributed by atoms with van der Waals surface area (Å²) in [5.74, 6) is 1.36. The minimum absolute atomic E-state index is 0.312. The molecule has 1 aromatic heterocycles. The molecule has 0 bridgehead atoms. The number of likely N-dealkylation sites (tertiary alicyclic amines) is 1. The van der Waals surface area contributed by atoms with Crippen LogP contribution in [0.5, 0.6) is 0 Å². The van der Waals surface area contributed by atoms with Gasteiger partial charge in [0, 0.05) is 25.0 Å². The summed E-state index contributed by atoms with van der Waals surface area (Å²) < 4.78 is 1.34. The summed E-state index contributed by atoms with van der Waals surface area (Å²) in [4.78, 5) is 7.50. The molecule has 0 aliphatic carbocycles. The highest BCUT2D eigenvalue weighted by Gasteiger charge is 2.40. The molecule has 3 atom stereocenters. The molecule has 0 amide bonds. The predicted molar refractivity (Wildman–Crippen MR) is 103 cm³/mol. The van der Waals surface area contributed by atoms with Gasteiger partial charge in [0.25, 0.3) is 0 Å². The minimum atomic E-state index is 0.312. The molecule has 3 heterocycles. The van der Waals surface area contributed by atoms with Crippen molar-refractivity contribution in [1.82, 2.24) is 15.2 Å². The van der Waals surface area contributed by atoms with E-state index in [1.807, 2.05) is 11.3 Å². The third kappa shape index (κ3) is 3.00. The zero-order valence-electron chi connectivity index (χ0n) is 15.3. The van der Waals surface area contributed by atoms with Gasteiger partial charge in [0.15, 0.2) is 0 Å². The number of nitrogens with zero attached hydrogens (tertiary/aromatic N) is 2. The summed E-state index contributed by atoms with van der Waals surface area (Å²) >= 11 is 1.90. The van der Waals surface area contributed by atoms with Crippen LogP contribution in [0.25, 0.3) is 10.2 Å². The van der Waals surface area contributed by atoms with E-state index >= 15 is 0 Å². The maximum absolute atomic E-state index is 5.06. The van der Waals surface area contributed by atoms with E-state index in [1.54, 1.807) is 0 Å². The van der Waals surface area contributed by atoms with E-state index < -0.39 is 0 Å². The summed E-state index contributed by atoms with van der Waals surface area (Å²) in [5.41, 5.74) is 2.92. The molecular formula is C20H29N3S. The van der Waals surface area contributed by atoms with Gasteiger partial charge in [-0.2, -0.15) is 0 Å². The lowest BCUT2D eigenvalue weighted by molar-refractivity contribution is 0.324. The standard InChI is InChI=1S/C20H29N3S/c1-13-5-7-16(21-10-13)14-6-8-18-17(9-14)22-19(24-18)15-11-23(4)12-20(15,2)3/h6,8-9,13,15-16,21H,5,7,10-12H2,1-4H3/t13-,15?,16+/m0/s1.